The van der Waals surface area contributed by atoms with Crippen LogP contribution in [0.1, 0.15) is 16.4 Å². The van der Waals surface area contributed by atoms with Gasteiger partial charge in [-0.3, -0.25) is 0 Å². The smallest absolute Gasteiger partial charge is 0.0931 e. The van der Waals surface area contributed by atoms with Crippen molar-refractivity contribution in [2.24, 2.45) is 5.73 Å². The zero-order chi connectivity index (χ0) is 12.3. The van der Waals surface area contributed by atoms with Gasteiger partial charge in [0.2, 0.25) is 0 Å². The third kappa shape index (κ3) is 3.23. The van der Waals surface area contributed by atoms with Gasteiger partial charge >= 0.3 is 0 Å². The summed E-state index contributed by atoms with van der Waals surface area (Å²) < 4.78 is 0.815. The van der Waals surface area contributed by atoms with Gasteiger partial charge in [0.15, 0.2) is 0 Å². The van der Waals surface area contributed by atoms with E-state index in [4.69, 9.17) is 28.9 Å². The Labute approximate surface area is 115 Å². The second-order valence-electron chi connectivity index (χ2n) is 3.86. The molecule has 1 atom stereocenters. The molecule has 0 fully saturated rings. The highest BCUT2D eigenvalue weighted by molar-refractivity contribution is 7.16. The summed E-state index contributed by atoms with van der Waals surface area (Å²) in [7, 11) is 0. The molecule has 1 aromatic heterocycles. The fourth-order valence-corrected chi connectivity index (χ4v) is 3.29. The SMILES string of the molecule is NCC(Cc1ccc(Cl)s1)c1ccccc1Cl. The normalized spacial score (nSPS) is 12.6. The minimum Gasteiger partial charge on any atom is -0.330 e. The highest BCUT2D eigenvalue weighted by Crippen LogP contribution is 2.30. The third-order valence-electron chi connectivity index (χ3n) is 2.71. The quantitative estimate of drug-likeness (QED) is 0.889. The van der Waals surface area contributed by atoms with Gasteiger partial charge in [0, 0.05) is 15.8 Å². The van der Waals surface area contributed by atoms with E-state index in [2.05, 4.69) is 0 Å². The summed E-state index contributed by atoms with van der Waals surface area (Å²) in [5.41, 5.74) is 6.95. The number of thiophene rings is 1. The molecule has 2 N–H and O–H groups in total. The molecule has 0 bridgehead atoms. The van der Waals surface area contributed by atoms with Gasteiger partial charge in [-0.05, 0) is 36.7 Å². The number of halogens is 2. The first-order chi connectivity index (χ1) is 8.20. The van der Waals surface area contributed by atoms with Gasteiger partial charge in [-0.25, -0.2) is 0 Å². The predicted molar refractivity (Wildman–Crippen MR) is 76.3 cm³/mol. The number of nitrogens with two attached hydrogens (primary N) is 1. The largest absolute Gasteiger partial charge is 0.330 e. The molecule has 1 nitrogen and oxygen atoms in total. The lowest BCUT2D eigenvalue weighted by Gasteiger charge is -2.15. The Bertz CT molecular complexity index is 496. The lowest BCUT2D eigenvalue weighted by molar-refractivity contribution is 0.701. The molecule has 1 heterocycles. The topological polar surface area (TPSA) is 26.0 Å². The van der Waals surface area contributed by atoms with Crippen molar-refractivity contribution in [3.8, 4) is 0 Å². The van der Waals surface area contributed by atoms with Crippen molar-refractivity contribution in [2.45, 2.75) is 12.3 Å². The number of benzene rings is 1. The maximum Gasteiger partial charge on any atom is 0.0931 e. The molecule has 1 unspecified atom stereocenters. The van der Waals surface area contributed by atoms with Gasteiger partial charge in [-0.15, -0.1) is 11.3 Å². The van der Waals surface area contributed by atoms with E-state index in [0.29, 0.717) is 6.54 Å². The number of hydrogen-bond acceptors (Lipinski definition) is 2. The van der Waals surface area contributed by atoms with E-state index in [1.54, 1.807) is 11.3 Å². The van der Waals surface area contributed by atoms with Crippen LogP contribution in [0.2, 0.25) is 9.36 Å². The van der Waals surface area contributed by atoms with E-state index in [0.717, 1.165) is 21.3 Å². The molecule has 2 aromatic rings. The Balaban J connectivity index is 2.20. The molecule has 0 amide bonds. The minimum atomic E-state index is 0.249. The molecule has 4 heteroatoms. The van der Waals surface area contributed by atoms with E-state index in [1.165, 1.54) is 4.88 Å². The van der Waals surface area contributed by atoms with Crippen LogP contribution < -0.4 is 5.73 Å². The highest BCUT2D eigenvalue weighted by Gasteiger charge is 2.14. The Hall–Kier alpha value is -0.540. The predicted octanol–water partition coefficient (Wildman–Crippen LogP) is 4.34. The molecule has 17 heavy (non-hydrogen) atoms. The van der Waals surface area contributed by atoms with E-state index in [-0.39, 0.29) is 5.92 Å². The minimum absolute atomic E-state index is 0.249. The van der Waals surface area contributed by atoms with E-state index < -0.39 is 0 Å². The fourth-order valence-electron chi connectivity index (χ4n) is 1.83. The Morgan fingerprint density at radius 1 is 1.12 bits per heavy atom. The van der Waals surface area contributed by atoms with Crippen LogP contribution in [0.3, 0.4) is 0 Å². The van der Waals surface area contributed by atoms with Crippen molar-refractivity contribution < 1.29 is 0 Å². The van der Waals surface area contributed by atoms with Crippen LogP contribution in [0.4, 0.5) is 0 Å². The van der Waals surface area contributed by atoms with Crippen LogP contribution in [-0.4, -0.2) is 6.54 Å². The van der Waals surface area contributed by atoms with Crippen LogP contribution in [-0.2, 0) is 6.42 Å². The summed E-state index contributed by atoms with van der Waals surface area (Å²) >= 11 is 13.7. The van der Waals surface area contributed by atoms with E-state index in [9.17, 15) is 0 Å². The summed E-state index contributed by atoms with van der Waals surface area (Å²) in [5, 5.41) is 0.783. The molecule has 0 aliphatic carbocycles. The molecule has 0 radical (unpaired) electrons. The molecular formula is C13H13Cl2NS. The van der Waals surface area contributed by atoms with Crippen LogP contribution in [0.15, 0.2) is 36.4 Å². The van der Waals surface area contributed by atoms with Crippen molar-refractivity contribution in [3.05, 3.63) is 56.2 Å². The first-order valence-corrected chi connectivity index (χ1v) is 6.96. The number of rotatable bonds is 4. The van der Waals surface area contributed by atoms with Crippen LogP contribution in [0.25, 0.3) is 0 Å². The van der Waals surface area contributed by atoms with Crippen LogP contribution in [0, 0.1) is 0 Å². The highest BCUT2D eigenvalue weighted by atomic mass is 35.5. The second-order valence-corrected chi connectivity index (χ2v) is 6.07. The van der Waals surface area contributed by atoms with Crippen molar-refractivity contribution in [1.82, 2.24) is 0 Å². The molecule has 0 aliphatic rings. The standard InChI is InChI=1S/C13H13Cl2NS/c14-12-4-2-1-3-11(12)9(8-16)7-10-5-6-13(15)17-10/h1-6,9H,7-8,16H2. The van der Waals surface area contributed by atoms with Gasteiger partial charge in [-0.2, -0.15) is 0 Å². The zero-order valence-electron chi connectivity index (χ0n) is 9.20. The van der Waals surface area contributed by atoms with Gasteiger partial charge in [-0.1, -0.05) is 41.4 Å². The van der Waals surface area contributed by atoms with E-state index >= 15 is 0 Å². The van der Waals surface area contributed by atoms with Crippen molar-refractivity contribution in [2.75, 3.05) is 6.54 Å². The third-order valence-corrected chi connectivity index (χ3v) is 4.30. The average molecular weight is 286 g/mol. The van der Waals surface area contributed by atoms with Gasteiger partial charge in [0.1, 0.15) is 0 Å². The van der Waals surface area contributed by atoms with Crippen molar-refractivity contribution in [3.63, 3.8) is 0 Å². The number of hydrogen-bond donors (Lipinski definition) is 1. The maximum absolute atomic E-state index is 6.19. The summed E-state index contributed by atoms with van der Waals surface area (Å²) in [4.78, 5) is 1.24. The Morgan fingerprint density at radius 3 is 2.47 bits per heavy atom. The molecule has 90 valence electrons. The molecule has 2 rings (SSSR count). The summed E-state index contributed by atoms with van der Waals surface area (Å²) in [6.45, 7) is 0.583. The van der Waals surface area contributed by atoms with Crippen molar-refractivity contribution in [1.29, 1.82) is 0 Å². The first kappa shape index (κ1) is 12.9. The maximum atomic E-state index is 6.19. The molecule has 0 spiro atoms. The Morgan fingerprint density at radius 2 is 1.88 bits per heavy atom. The molecular weight excluding hydrogens is 273 g/mol. The zero-order valence-corrected chi connectivity index (χ0v) is 11.5. The van der Waals surface area contributed by atoms with E-state index in [1.807, 2.05) is 36.4 Å². The fraction of sp³-hybridized carbons (Fsp3) is 0.231. The van der Waals surface area contributed by atoms with Gasteiger partial charge in [0.25, 0.3) is 0 Å². The lowest BCUT2D eigenvalue weighted by atomic mass is 9.95. The lowest BCUT2D eigenvalue weighted by Crippen LogP contribution is -2.14. The van der Waals surface area contributed by atoms with Gasteiger partial charge < -0.3 is 5.73 Å². The first-order valence-electron chi connectivity index (χ1n) is 5.39. The average Bonchev–Trinajstić information content (AvgIpc) is 2.73. The Kier molecular flexibility index (Phi) is 4.46. The molecule has 0 aliphatic heterocycles. The monoisotopic (exact) mass is 285 g/mol. The summed E-state index contributed by atoms with van der Waals surface area (Å²) in [6, 6.07) is 11.8. The second kappa shape index (κ2) is 5.87. The van der Waals surface area contributed by atoms with Crippen molar-refractivity contribution >= 4 is 34.5 Å². The van der Waals surface area contributed by atoms with Gasteiger partial charge in [0.05, 0.1) is 4.34 Å². The van der Waals surface area contributed by atoms with Crippen LogP contribution in [0.5, 0.6) is 0 Å². The summed E-state index contributed by atoms with van der Waals surface area (Å²) in [6.07, 6.45) is 0.887. The molecule has 0 saturated heterocycles. The molecule has 1 aromatic carbocycles. The molecule has 0 saturated carbocycles. The summed E-state index contributed by atoms with van der Waals surface area (Å²) in [5.74, 6) is 0.249. The van der Waals surface area contributed by atoms with Crippen LogP contribution >= 0.6 is 34.5 Å².